The summed E-state index contributed by atoms with van der Waals surface area (Å²) >= 11 is 0. The molecule has 0 aromatic rings. The molecule has 2 heteroatoms. The maximum absolute atomic E-state index is 8.33. The first-order chi connectivity index (χ1) is 7.20. The summed E-state index contributed by atoms with van der Waals surface area (Å²) in [4.78, 5) is 2.40. The lowest BCUT2D eigenvalue weighted by atomic mass is 9.99. The molecular formula is C13H24N2. The van der Waals surface area contributed by atoms with E-state index in [2.05, 4.69) is 18.7 Å². The van der Waals surface area contributed by atoms with Crippen LogP contribution in [0.15, 0.2) is 0 Å². The van der Waals surface area contributed by atoms with E-state index in [0.717, 1.165) is 12.4 Å². The predicted octanol–water partition coefficient (Wildman–Crippen LogP) is 3.27. The van der Waals surface area contributed by atoms with Crippen LogP contribution in [-0.4, -0.2) is 23.3 Å². The average Bonchev–Trinajstić information content (AvgIpc) is 2.88. The normalized spacial score (nSPS) is 27.9. The summed E-state index contributed by atoms with van der Waals surface area (Å²) in [6, 6.07) is 0.651. The molecule has 2 aliphatic rings. The molecule has 1 heterocycles. The quantitative estimate of drug-likeness (QED) is 0.547. The summed E-state index contributed by atoms with van der Waals surface area (Å²) in [6.07, 6.45) is 7.80. The van der Waals surface area contributed by atoms with Crippen LogP contribution < -0.4 is 0 Å². The minimum Gasteiger partial charge on any atom is -0.357 e. The number of rotatable bonds is 2. The summed E-state index contributed by atoms with van der Waals surface area (Å²) in [5.74, 6) is 2.25. The maximum Gasteiger partial charge on any atom is 0.0992 e. The molecule has 0 spiro atoms. The Kier molecular flexibility index (Phi) is 3.32. The predicted molar refractivity (Wildman–Crippen MR) is 64.3 cm³/mol. The highest BCUT2D eigenvalue weighted by molar-refractivity contribution is 5.82. The summed E-state index contributed by atoms with van der Waals surface area (Å²) in [7, 11) is 0. The molecule has 0 amide bonds. The third kappa shape index (κ3) is 2.19. The van der Waals surface area contributed by atoms with Gasteiger partial charge in [0, 0.05) is 18.5 Å². The zero-order chi connectivity index (χ0) is 10.8. The van der Waals surface area contributed by atoms with Gasteiger partial charge in [-0.1, -0.05) is 26.7 Å². The zero-order valence-corrected chi connectivity index (χ0v) is 10.1. The van der Waals surface area contributed by atoms with Gasteiger partial charge in [-0.3, -0.25) is 5.41 Å². The zero-order valence-electron chi connectivity index (χ0n) is 10.1. The number of hydrogen-bond acceptors (Lipinski definition) is 1. The van der Waals surface area contributed by atoms with Crippen molar-refractivity contribution in [3.63, 3.8) is 0 Å². The first-order valence-electron chi connectivity index (χ1n) is 6.55. The van der Waals surface area contributed by atoms with Gasteiger partial charge in [0.05, 0.1) is 5.84 Å². The topological polar surface area (TPSA) is 27.1 Å². The lowest BCUT2D eigenvalue weighted by Crippen LogP contribution is -2.41. The number of hydrogen-bond donors (Lipinski definition) is 1. The van der Waals surface area contributed by atoms with Crippen molar-refractivity contribution in [3.05, 3.63) is 0 Å². The number of nitrogens with one attached hydrogen (secondary N) is 1. The van der Waals surface area contributed by atoms with Crippen LogP contribution in [-0.2, 0) is 0 Å². The molecule has 1 unspecified atom stereocenters. The van der Waals surface area contributed by atoms with E-state index in [1.54, 1.807) is 0 Å². The second-order valence-corrected chi connectivity index (χ2v) is 5.51. The summed E-state index contributed by atoms with van der Waals surface area (Å²) in [5, 5.41) is 8.33. The molecule has 2 nitrogen and oxygen atoms in total. The molecule has 15 heavy (non-hydrogen) atoms. The Labute approximate surface area is 93.6 Å². The highest BCUT2D eigenvalue weighted by Crippen LogP contribution is 2.31. The van der Waals surface area contributed by atoms with Gasteiger partial charge in [0.25, 0.3) is 0 Å². The van der Waals surface area contributed by atoms with Crippen molar-refractivity contribution in [2.45, 2.75) is 58.4 Å². The summed E-state index contributed by atoms with van der Waals surface area (Å²) < 4.78 is 0. The van der Waals surface area contributed by atoms with Gasteiger partial charge in [0.2, 0.25) is 0 Å². The second-order valence-electron chi connectivity index (χ2n) is 5.51. The van der Waals surface area contributed by atoms with E-state index >= 15 is 0 Å². The average molecular weight is 208 g/mol. The molecular weight excluding hydrogens is 184 g/mol. The minimum absolute atomic E-state index is 0.587. The SMILES string of the molecule is CC(C)C1CCCN1C(=N)C1CCCC1. The number of amidine groups is 1. The van der Waals surface area contributed by atoms with E-state index in [4.69, 9.17) is 5.41 Å². The second kappa shape index (κ2) is 4.54. The Morgan fingerprint density at radius 3 is 2.40 bits per heavy atom. The van der Waals surface area contributed by atoms with Gasteiger partial charge in [0.15, 0.2) is 0 Å². The number of likely N-dealkylation sites (tertiary alicyclic amines) is 1. The highest BCUT2D eigenvalue weighted by atomic mass is 15.2. The van der Waals surface area contributed by atoms with Crippen LogP contribution >= 0.6 is 0 Å². The molecule has 0 bridgehead atoms. The van der Waals surface area contributed by atoms with Crippen molar-refractivity contribution >= 4 is 5.84 Å². The molecule has 1 aliphatic heterocycles. The van der Waals surface area contributed by atoms with Crippen LogP contribution in [0.4, 0.5) is 0 Å². The Hall–Kier alpha value is -0.530. The highest BCUT2D eigenvalue weighted by Gasteiger charge is 2.32. The van der Waals surface area contributed by atoms with Crippen LogP contribution in [0.3, 0.4) is 0 Å². The molecule has 1 aliphatic carbocycles. The van der Waals surface area contributed by atoms with E-state index in [0.29, 0.717) is 17.9 Å². The van der Waals surface area contributed by atoms with Crippen LogP contribution in [0, 0.1) is 17.2 Å². The molecule has 2 fully saturated rings. The largest absolute Gasteiger partial charge is 0.357 e. The first kappa shape index (κ1) is 11.0. The molecule has 2 rings (SSSR count). The van der Waals surface area contributed by atoms with E-state index < -0.39 is 0 Å². The van der Waals surface area contributed by atoms with Crippen molar-refractivity contribution in [3.8, 4) is 0 Å². The third-order valence-electron chi connectivity index (χ3n) is 4.12. The van der Waals surface area contributed by atoms with Gasteiger partial charge < -0.3 is 4.90 Å². The van der Waals surface area contributed by atoms with E-state index in [1.165, 1.54) is 38.5 Å². The first-order valence-corrected chi connectivity index (χ1v) is 6.55. The van der Waals surface area contributed by atoms with Crippen LogP contribution in [0.1, 0.15) is 52.4 Å². The fourth-order valence-corrected chi connectivity index (χ4v) is 3.22. The smallest absolute Gasteiger partial charge is 0.0992 e. The van der Waals surface area contributed by atoms with Gasteiger partial charge >= 0.3 is 0 Å². The lowest BCUT2D eigenvalue weighted by Gasteiger charge is -2.32. The van der Waals surface area contributed by atoms with Crippen molar-refractivity contribution < 1.29 is 0 Å². The molecule has 0 aromatic heterocycles. The van der Waals surface area contributed by atoms with Crippen molar-refractivity contribution in [1.82, 2.24) is 4.90 Å². The molecule has 1 atom stereocenters. The van der Waals surface area contributed by atoms with Crippen molar-refractivity contribution in [2.75, 3.05) is 6.54 Å². The molecule has 1 saturated carbocycles. The molecule has 1 N–H and O–H groups in total. The Morgan fingerprint density at radius 2 is 1.80 bits per heavy atom. The Bertz CT molecular complexity index is 229. The minimum atomic E-state index is 0.587. The molecule has 0 aromatic carbocycles. The fourth-order valence-electron chi connectivity index (χ4n) is 3.22. The van der Waals surface area contributed by atoms with E-state index in [-0.39, 0.29) is 0 Å². The number of nitrogens with zero attached hydrogens (tertiary/aromatic N) is 1. The lowest BCUT2D eigenvalue weighted by molar-refractivity contribution is 0.294. The summed E-state index contributed by atoms with van der Waals surface area (Å²) in [6.45, 7) is 5.73. The van der Waals surface area contributed by atoms with Crippen LogP contribution in [0.25, 0.3) is 0 Å². The monoisotopic (exact) mass is 208 g/mol. The van der Waals surface area contributed by atoms with Crippen LogP contribution in [0.5, 0.6) is 0 Å². The van der Waals surface area contributed by atoms with Crippen molar-refractivity contribution in [2.24, 2.45) is 11.8 Å². The van der Waals surface area contributed by atoms with Crippen LogP contribution in [0.2, 0.25) is 0 Å². The van der Waals surface area contributed by atoms with Gasteiger partial charge in [-0.2, -0.15) is 0 Å². The Balaban J connectivity index is 1.99. The Morgan fingerprint density at radius 1 is 1.13 bits per heavy atom. The van der Waals surface area contributed by atoms with E-state index in [9.17, 15) is 0 Å². The molecule has 0 radical (unpaired) electrons. The fraction of sp³-hybridized carbons (Fsp3) is 0.923. The van der Waals surface area contributed by atoms with Gasteiger partial charge in [-0.25, -0.2) is 0 Å². The van der Waals surface area contributed by atoms with Gasteiger partial charge in [0.1, 0.15) is 0 Å². The van der Waals surface area contributed by atoms with Gasteiger partial charge in [-0.15, -0.1) is 0 Å². The molecule has 1 saturated heterocycles. The third-order valence-corrected chi connectivity index (χ3v) is 4.12. The van der Waals surface area contributed by atoms with Gasteiger partial charge in [-0.05, 0) is 31.6 Å². The molecule has 86 valence electrons. The van der Waals surface area contributed by atoms with Crippen molar-refractivity contribution in [1.29, 1.82) is 5.41 Å². The summed E-state index contributed by atoms with van der Waals surface area (Å²) in [5.41, 5.74) is 0. The standard InChI is InChI=1S/C13H24N2/c1-10(2)12-8-5-9-15(12)13(14)11-6-3-4-7-11/h10-12,14H,3-9H2,1-2H3. The maximum atomic E-state index is 8.33. The van der Waals surface area contributed by atoms with E-state index in [1.807, 2.05) is 0 Å².